The van der Waals surface area contributed by atoms with Crippen molar-refractivity contribution in [3.05, 3.63) is 35.4 Å². The maximum atomic E-state index is 12.0. The fourth-order valence-corrected chi connectivity index (χ4v) is 1.91. The average molecular weight is 291 g/mol. The van der Waals surface area contributed by atoms with Crippen molar-refractivity contribution >= 4 is 11.7 Å². The van der Waals surface area contributed by atoms with Gasteiger partial charge in [-0.05, 0) is 11.0 Å². The number of carbonyl (C=O) groups excluding carboxylic acids is 2. The SMILES string of the molecule is COCCNC(=O)CCC(=O)c1ccc(C(C)(C)C)cc1. The average Bonchev–Trinajstić information content (AvgIpc) is 2.44. The fourth-order valence-electron chi connectivity index (χ4n) is 1.91. The van der Waals surface area contributed by atoms with E-state index in [2.05, 4.69) is 26.1 Å². The zero-order valence-electron chi connectivity index (χ0n) is 13.4. The third-order valence-electron chi connectivity index (χ3n) is 3.28. The van der Waals surface area contributed by atoms with Crippen LogP contribution >= 0.6 is 0 Å². The first-order valence-corrected chi connectivity index (χ1v) is 7.24. The van der Waals surface area contributed by atoms with Crippen molar-refractivity contribution in [1.29, 1.82) is 0 Å². The topological polar surface area (TPSA) is 55.4 Å². The minimum atomic E-state index is -0.119. The molecule has 0 atom stereocenters. The summed E-state index contributed by atoms with van der Waals surface area (Å²) in [4.78, 5) is 23.6. The molecule has 1 N–H and O–H groups in total. The second-order valence-corrected chi connectivity index (χ2v) is 6.09. The molecule has 0 bridgehead atoms. The Morgan fingerprint density at radius 1 is 1.10 bits per heavy atom. The number of ether oxygens (including phenoxy) is 1. The molecule has 21 heavy (non-hydrogen) atoms. The zero-order chi connectivity index (χ0) is 15.9. The van der Waals surface area contributed by atoms with E-state index in [9.17, 15) is 9.59 Å². The summed E-state index contributed by atoms with van der Waals surface area (Å²) in [7, 11) is 1.58. The van der Waals surface area contributed by atoms with Gasteiger partial charge < -0.3 is 10.1 Å². The molecule has 116 valence electrons. The number of hydrogen-bond acceptors (Lipinski definition) is 3. The lowest BCUT2D eigenvalue weighted by atomic mass is 9.86. The van der Waals surface area contributed by atoms with Crippen LogP contribution in [-0.4, -0.2) is 32.0 Å². The van der Waals surface area contributed by atoms with Gasteiger partial charge in [0.15, 0.2) is 5.78 Å². The van der Waals surface area contributed by atoms with Gasteiger partial charge in [-0.25, -0.2) is 0 Å². The van der Waals surface area contributed by atoms with Crippen molar-refractivity contribution < 1.29 is 14.3 Å². The highest BCUT2D eigenvalue weighted by atomic mass is 16.5. The monoisotopic (exact) mass is 291 g/mol. The van der Waals surface area contributed by atoms with Gasteiger partial charge in [0.25, 0.3) is 0 Å². The molecule has 0 fully saturated rings. The minimum absolute atomic E-state index is 0.00245. The molecule has 0 aliphatic heterocycles. The maximum Gasteiger partial charge on any atom is 0.220 e. The molecule has 4 heteroatoms. The van der Waals surface area contributed by atoms with Gasteiger partial charge in [0.2, 0.25) is 5.91 Å². The summed E-state index contributed by atoms with van der Waals surface area (Å²) in [6, 6.07) is 7.63. The van der Waals surface area contributed by atoms with Crippen LogP contribution in [-0.2, 0) is 14.9 Å². The lowest BCUT2D eigenvalue weighted by Crippen LogP contribution is -2.27. The van der Waals surface area contributed by atoms with Gasteiger partial charge in [0.05, 0.1) is 6.61 Å². The van der Waals surface area contributed by atoms with Crippen molar-refractivity contribution in [2.45, 2.75) is 39.0 Å². The van der Waals surface area contributed by atoms with Crippen molar-refractivity contribution in [2.75, 3.05) is 20.3 Å². The molecule has 0 unspecified atom stereocenters. The van der Waals surface area contributed by atoms with E-state index >= 15 is 0 Å². The number of hydrogen-bond donors (Lipinski definition) is 1. The summed E-state index contributed by atoms with van der Waals surface area (Å²) < 4.78 is 4.84. The van der Waals surface area contributed by atoms with E-state index in [1.807, 2.05) is 24.3 Å². The van der Waals surface area contributed by atoms with Crippen LogP contribution in [0.4, 0.5) is 0 Å². The first-order valence-electron chi connectivity index (χ1n) is 7.24. The van der Waals surface area contributed by atoms with E-state index in [4.69, 9.17) is 4.74 Å². The summed E-state index contributed by atoms with van der Waals surface area (Å²) in [6.45, 7) is 7.36. The number of benzene rings is 1. The first-order chi connectivity index (χ1) is 9.84. The normalized spacial score (nSPS) is 11.2. The standard InChI is InChI=1S/C17H25NO3/c1-17(2,3)14-7-5-13(6-8-14)15(19)9-10-16(20)18-11-12-21-4/h5-8H,9-12H2,1-4H3,(H,18,20). The molecule has 0 radical (unpaired) electrons. The molecule has 0 heterocycles. The van der Waals surface area contributed by atoms with Gasteiger partial charge in [-0.15, -0.1) is 0 Å². The van der Waals surface area contributed by atoms with Crippen molar-refractivity contribution in [2.24, 2.45) is 0 Å². The Morgan fingerprint density at radius 3 is 2.24 bits per heavy atom. The third-order valence-corrected chi connectivity index (χ3v) is 3.28. The third kappa shape index (κ3) is 6.08. The van der Waals surface area contributed by atoms with Crippen LogP contribution < -0.4 is 5.32 Å². The molecular weight excluding hydrogens is 266 g/mol. The predicted octanol–water partition coefficient (Wildman–Crippen LogP) is 2.71. The summed E-state index contributed by atoms with van der Waals surface area (Å²) >= 11 is 0. The highest BCUT2D eigenvalue weighted by Crippen LogP contribution is 2.22. The Labute approximate surface area is 126 Å². The fraction of sp³-hybridized carbons (Fsp3) is 0.529. The highest BCUT2D eigenvalue weighted by molar-refractivity contribution is 5.97. The number of rotatable bonds is 7. The Hall–Kier alpha value is -1.68. The number of nitrogens with one attached hydrogen (secondary N) is 1. The van der Waals surface area contributed by atoms with E-state index in [0.717, 1.165) is 0 Å². The predicted molar refractivity (Wildman–Crippen MR) is 83.6 cm³/mol. The number of carbonyl (C=O) groups is 2. The number of Topliss-reactive ketones (excluding diaryl/α,β-unsaturated/α-hetero) is 1. The number of amides is 1. The van der Waals surface area contributed by atoms with Crippen LogP contribution in [0.2, 0.25) is 0 Å². The molecule has 0 aliphatic rings. The largest absolute Gasteiger partial charge is 0.383 e. The molecule has 1 rings (SSSR count). The van der Waals surface area contributed by atoms with Crippen LogP contribution in [0.1, 0.15) is 49.5 Å². The van der Waals surface area contributed by atoms with E-state index in [1.165, 1.54) is 5.56 Å². The Bertz CT molecular complexity index is 472. The zero-order valence-corrected chi connectivity index (χ0v) is 13.4. The molecule has 0 saturated carbocycles. The van der Waals surface area contributed by atoms with Crippen LogP contribution in [0, 0.1) is 0 Å². The van der Waals surface area contributed by atoms with Crippen LogP contribution in [0.25, 0.3) is 0 Å². The lowest BCUT2D eigenvalue weighted by Gasteiger charge is -2.18. The Morgan fingerprint density at radius 2 is 1.71 bits per heavy atom. The van der Waals surface area contributed by atoms with Crippen LogP contribution in [0.5, 0.6) is 0 Å². The van der Waals surface area contributed by atoms with Gasteiger partial charge in [-0.3, -0.25) is 9.59 Å². The van der Waals surface area contributed by atoms with Crippen LogP contribution in [0.15, 0.2) is 24.3 Å². The minimum Gasteiger partial charge on any atom is -0.383 e. The summed E-state index contributed by atoms with van der Waals surface area (Å²) in [5.41, 5.74) is 1.92. The molecule has 1 amide bonds. The van der Waals surface area contributed by atoms with E-state index in [0.29, 0.717) is 18.7 Å². The number of methoxy groups -OCH3 is 1. The van der Waals surface area contributed by atoms with Gasteiger partial charge in [0, 0.05) is 32.1 Å². The van der Waals surface area contributed by atoms with Crippen LogP contribution in [0.3, 0.4) is 0 Å². The molecule has 0 spiro atoms. The van der Waals surface area contributed by atoms with Crippen molar-refractivity contribution in [1.82, 2.24) is 5.32 Å². The van der Waals surface area contributed by atoms with E-state index in [-0.39, 0.29) is 29.9 Å². The van der Waals surface area contributed by atoms with Crippen molar-refractivity contribution in [3.8, 4) is 0 Å². The molecule has 0 aromatic heterocycles. The second kappa shape index (κ2) is 7.93. The lowest BCUT2D eigenvalue weighted by molar-refractivity contribution is -0.121. The molecule has 4 nitrogen and oxygen atoms in total. The maximum absolute atomic E-state index is 12.0. The quantitative estimate of drug-likeness (QED) is 0.621. The molecule has 1 aromatic carbocycles. The highest BCUT2D eigenvalue weighted by Gasteiger charge is 2.14. The van der Waals surface area contributed by atoms with E-state index < -0.39 is 0 Å². The van der Waals surface area contributed by atoms with Crippen molar-refractivity contribution in [3.63, 3.8) is 0 Å². The van der Waals surface area contributed by atoms with Gasteiger partial charge >= 0.3 is 0 Å². The Kier molecular flexibility index (Phi) is 6.56. The van der Waals surface area contributed by atoms with Gasteiger partial charge in [0.1, 0.15) is 0 Å². The summed E-state index contributed by atoms with van der Waals surface area (Å²) in [5.74, 6) is -0.121. The van der Waals surface area contributed by atoms with Gasteiger partial charge in [-0.2, -0.15) is 0 Å². The smallest absolute Gasteiger partial charge is 0.220 e. The summed E-state index contributed by atoms with van der Waals surface area (Å²) in [6.07, 6.45) is 0.442. The Balaban J connectivity index is 2.47. The molecular formula is C17H25NO3. The number of ketones is 1. The van der Waals surface area contributed by atoms with Gasteiger partial charge in [-0.1, -0.05) is 45.0 Å². The molecule has 1 aromatic rings. The first kappa shape index (κ1) is 17.4. The molecule has 0 aliphatic carbocycles. The second-order valence-electron chi connectivity index (χ2n) is 6.09. The molecule has 0 saturated heterocycles. The van der Waals surface area contributed by atoms with E-state index in [1.54, 1.807) is 7.11 Å². The summed E-state index contributed by atoms with van der Waals surface area (Å²) in [5, 5.41) is 2.70.